The number of fused-ring (bicyclic) bond motifs is 1. The highest BCUT2D eigenvalue weighted by Gasteiger charge is 2.23. The van der Waals surface area contributed by atoms with Crippen LogP contribution in [0.5, 0.6) is 0 Å². The Morgan fingerprint density at radius 3 is 2.29 bits per heavy atom. The quantitative estimate of drug-likeness (QED) is 0.415. The fraction of sp³-hybridized carbons (Fsp3) is 0.333. The number of esters is 1. The normalized spacial score (nSPS) is 12.2. The van der Waals surface area contributed by atoms with Gasteiger partial charge in [-0.05, 0) is 45.9 Å². The number of benzene rings is 3. The van der Waals surface area contributed by atoms with Crippen LogP contribution in [-0.4, -0.2) is 30.8 Å². The van der Waals surface area contributed by atoms with E-state index in [9.17, 15) is 14.0 Å². The lowest BCUT2D eigenvalue weighted by molar-refractivity contribution is -0.140. The summed E-state index contributed by atoms with van der Waals surface area (Å²) in [6, 6.07) is 17.6. The van der Waals surface area contributed by atoms with Gasteiger partial charge in [0.05, 0.1) is 19.2 Å². The first-order valence-corrected chi connectivity index (χ1v) is 11.2. The largest absolute Gasteiger partial charge is 0.469 e. The van der Waals surface area contributed by atoms with E-state index in [0.29, 0.717) is 11.3 Å². The number of ether oxygens (including phenoxy) is 2. The third kappa shape index (κ3) is 6.25. The molecule has 3 rings (SSSR count). The number of hydrogen-bond acceptors (Lipinski definition) is 5. The number of halogens is 1. The summed E-state index contributed by atoms with van der Waals surface area (Å²) >= 11 is 0. The first kappa shape index (κ1) is 25.0. The maximum atomic E-state index is 14.5. The minimum Gasteiger partial charge on any atom is -0.469 e. The zero-order valence-electron chi connectivity index (χ0n) is 20.2. The van der Waals surface area contributed by atoms with E-state index >= 15 is 0 Å². The van der Waals surface area contributed by atoms with Gasteiger partial charge in [-0.25, -0.2) is 9.18 Å². The Kier molecular flexibility index (Phi) is 7.76. The van der Waals surface area contributed by atoms with E-state index in [4.69, 9.17) is 9.47 Å². The Balaban J connectivity index is 2.05. The van der Waals surface area contributed by atoms with Gasteiger partial charge >= 0.3 is 12.1 Å². The van der Waals surface area contributed by atoms with Gasteiger partial charge in [0.25, 0.3) is 0 Å². The molecule has 0 radical (unpaired) electrons. The monoisotopic (exact) mass is 466 g/mol. The summed E-state index contributed by atoms with van der Waals surface area (Å²) in [4.78, 5) is 26.4. The number of nitrogens with one attached hydrogen (secondary N) is 1. The van der Waals surface area contributed by atoms with Crippen LogP contribution in [0.1, 0.15) is 39.7 Å². The van der Waals surface area contributed by atoms with Crippen LogP contribution in [0.25, 0.3) is 10.8 Å². The number of amides is 1. The molecule has 1 N–H and O–H groups in total. The van der Waals surface area contributed by atoms with E-state index in [2.05, 4.69) is 5.32 Å². The molecule has 1 amide bonds. The molecule has 0 fully saturated rings. The third-order valence-electron chi connectivity index (χ3n) is 5.37. The highest BCUT2D eigenvalue weighted by molar-refractivity contribution is 6.05. The lowest BCUT2D eigenvalue weighted by atomic mass is 10.0. The molecule has 0 aliphatic heterocycles. The molecule has 0 saturated heterocycles. The molecule has 6 nitrogen and oxygen atoms in total. The second-order valence-electron chi connectivity index (χ2n) is 9.15. The molecule has 34 heavy (non-hydrogen) atoms. The van der Waals surface area contributed by atoms with Crippen LogP contribution < -0.4 is 10.2 Å². The van der Waals surface area contributed by atoms with Crippen molar-refractivity contribution in [1.82, 2.24) is 0 Å². The molecule has 3 aromatic rings. The predicted molar refractivity (Wildman–Crippen MR) is 132 cm³/mol. The first-order valence-electron chi connectivity index (χ1n) is 11.2. The summed E-state index contributed by atoms with van der Waals surface area (Å²) in [5.41, 5.74) is 1.30. The van der Waals surface area contributed by atoms with Crippen molar-refractivity contribution >= 4 is 34.2 Å². The highest BCUT2D eigenvalue weighted by atomic mass is 19.1. The van der Waals surface area contributed by atoms with Crippen LogP contribution in [0.3, 0.4) is 0 Å². The fourth-order valence-corrected chi connectivity index (χ4v) is 3.78. The summed E-state index contributed by atoms with van der Waals surface area (Å²) < 4.78 is 24.8. The van der Waals surface area contributed by atoms with Gasteiger partial charge in [0.15, 0.2) is 0 Å². The number of nitrogens with zero attached hydrogens (tertiary/aromatic N) is 1. The molecular weight excluding hydrogens is 435 g/mol. The van der Waals surface area contributed by atoms with Crippen molar-refractivity contribution in [1.29, 1.82) is 0 Å². The van der Waals surface area contributed by atoms with Crippen molar-refractivity contribution in [3.05, 3.63) is 72.0 Å². The summed E-state index contributed by atoms with van der Waals surface area (Å²) in [6.45, 7) is 7.57. The lowest BCUT2D eigenvalue weighted by Crippen LogP contribution is -2.35. The molecule has 0 bridgehead atoms. The zero-order valence-corrected chi connectivity index (χ0v) is 20.2. The SMILES string of the molecule is COC(=O)C[C@H](C)N(Cc1ccccc1F)c1ccc(NC(=O)OC(C)(C)C)c2ccccc12. The van der Waals surface area contributed by atoms with E-state index in [1.165, 1.54) is 13.2 Å². The summed E-state index contributed by atoms with van der Waals surface area (Å²) in [5, 5.41) is 4.47. The van der Waals surface area contributed by atoms with Crippen molar-refractivity contribution in [3.63, 3.8) is 0 Å². The second-order valence-corrected chi connectivity index (χ2v) is 9.15. The second kappa shape index (κ2) is 10.5. The number of methoxy groups -OCH3 is 1. The molecule has 0 spiro atoms. The number of carbonyl (C=O) groups excluding carboxylic acids is 2. The van der Waals surface area contributed by atoms with E-state index in [-0.39, 0.29) is 30.8 Å². The Morgan fingerprint density at radius 1 is 1.00 bits per heavy atom. The third-order valence-corrected chi connectivity index (χ3v) is 5.37. The number of anilines is 2. The summed E-state index contributed by atoms with van der Waals surface area (Å²) in [5.74, 6) is -0.663. The van der Waals surface area contributed by atoms with Gasteiger partial charge in [-0.15, -0.1) is 0 Å². The van der Waals surface area contributed by atoms with Gasteiger partial charge in [-0.2, -0.15) is 0 Å². The number of carbonyl (C=O) groups is 2. The van der Waals surface area contributed by atoms with Crippen LogP contribution >= 0.6 is 0 Å². The molecule has 7 heteroatoms. The number of hydrogen-bond donors (Lipinski definition) is 1. The maximum absolute atomic E-state index is 14.5. The van der Waals surface area contributed by atoms with E-state index in [1.54, 1.807) is 45.0 Å². The van der Waals surface area contributed by atoms with Crippen LogP contribution in [0.2, 0.25) is 0 Å². The van der Waals surface area contributed by atoms with E-state index in [1.807, 2.05) is 42.2 Å². The van der Waals surface area contributed by atoms with Crippen molar-refractivity contribution in [2.24, 2.45) is 0 Å². The van der Waals surface area contributed by atoms with Crippen LogP contribution in [-0.2, 0) is 20.8 Å². The Hall–Kier alpha value is -3.61. The van der Waals surface area contributed by atoms with E-state index < -0.39 is 11.7 Å². The van der Waals surface area contributed by atoms with E-state index in [0.717, 1.165) is 16.5 Å². The molecule has 3 aromatic carbocycles. The number of rotatable bonds is 7. The highest BCUT2D eigenvalue weighted by Crippen LogP contribution is 2.35. The molecule has 0 aromatic heterocycles. The van der Waals surface area contributed by atoms with Gasteiger partial charge in [0.2, 0.25) is 0 Å². The minimum atomic E-state index is -0.625. The van der Waals surface area contributed by atoms with Crippen LogP contribution in [0, 0.1) is 5.82 Å². The fourth-order valence-electron chi connectivity index (χ4n) is 3.78. The molecule has 0 heterocycles. The first-order chi connectivity index (χ1) is 16.1. The molecule has 0 unspecified atom stereocenters. The lowest BCUT2D eigenvalue weighted by Gasteiger charge is -2.32. The van der Waals surface area contributed by atoms with Gasteiger partial charge in [0.1, 0.15) is 11.4 Å². The maximum Gasteiger partial charge on any atom is 0.412 e. The van der Waals surface area contributed by atoms with Gasteiger partial charge in [-0.1, -0.05) is 42.5 Å². The summed E-state index contributed by atoms with van der Waals surface area (Å²) in [7, 11) is 1.35. The molecule has 180 valence electrons. The smallest absolute Gasteiger partial charge is 0.412 e. The average Bonchev–Trinajstić information content (AvgIpc) is 2.77. The Labute approximate surface area is 199 Å². The van der Waals surface area contributed by atoms with Crippen LogP contribution in [0.15, 0.2) is 60.7 Å². The van der Waals surface area contributed by atoms with Gasteiger partial charge < -0.3 is 14.4 Å². The zero-order chi connectivity index (χ0) is 24.9. The molecule has 0 aliphatic carbocycles. The topological polar surface area (TPSA) is 67.9 Å². The van der Waals surface area contributed by atoms with Gasteiger partial charge in [0, 0.05) is 34.6 Å². The molecular formula is C27H31FN2O4. The van der Waals surface area contributed by atoms with Crippen molar-refractivity contribution < 1.29 is 23.5 Å². The molecule has 0 aliphatic rings. The van der Waals surface area contributed by atoms with Crippen molar-refractivity contribution in [3.8, 4) is 0 Å². The summed E-state index contributed by atoms with van der Waals surface area (Å²) in [6.07, 6.45) is -0.412. The van der Waals surface area contributed by atoms with Gasteiger partial charge in [-0.3, -0.25) is 10.1 Å². The Bertz CT molecular complexity index is 1170. The predicted octanol–water partition coefficient (Wildman–Crippen LogP) is 6.28. The average molecular weight is 467 g/mol. The van der Waals surface area contributed by atoms with Crippen molar-refractivity contribution in [2.45, 2.75) is 52.3 Å². The molecule has 0 saturated carbocycles. The standard InChI is InChI=1S/C27H31FN2O4/c1-18(16-25(31)33-5)30(17-19-10-6-9-13-22(19)28)24-15-14-23(20-11-7-8-12-21(20)24)29-26(32)34-27(2,3)4/h6-15,18H,16-17H2,1-5H3,(H,29,32)/t18-/m0/s1. The molecule has 1 atom stereocenters. The minimum absolute atomic E-state index is 0.136. The van der Waals surface area contributed by atoms with Crippen molar-refractivity contribution in [2.75, 3.05) is 17.3 Å². The Morgan fingerprint density at radius 2 is 1.65 bits per heavy atom. The van der Waals surface area contributed by atoms with Crippen LogP contribution in [0.4, 0.5) is 20.6 Å².